The molecule has 1 atom stereocenters. The summed E-state index contributed by atoms with van der Waals surface area (Å²) in [6.45, 7) is 5.61. The quantitative estimate of drug-likeness (QED) is 0.691. The maximum absolute atomic E-state index is 11.7. The van der Waals surface area contributed by atoms with Gasteiger partial charge in [-0.25, -0.2) is 0 Å². The van der Waals surface area contributed by atoms with Crippen LogP contribution in [0.1, 0.15) is 32.4 Å². The van der Waals surface area contributed by atoms with Gasteiger partial charge in [0.05, 0.1) is 25.2 Å². The van der Waals surface area contributed by atoms with Crippen molar-refractivity contribution in [3.63, 3.8) is 0 Å². The van der Waals surface area contributed by atoms with E-state index in [9.17, 15) is 9.59 Å². The maximum atomic E-state index is 11.7. The van der Waals surface area contributed by atoms with Crippen LogP contribution in [0.5, 0.6) is 5.75 Å². The van der Waals surface area contributed by atoms with Crippen LogP contribution in [0.25, 0.3) is 0 Å². The molecule has 0 bridgehead atoms. The first kappa shape index (κ1) is 17.0. The van der Waals surface area contributed by atoms with Crippen molar-refractivity contribution >= 4 is 11.8 Å². The van der Waals surface area contributed by atoms with Gasteiger partial charge >= 0.3 is 0 Å². The van der Waals surface area contributed by atoms with Crippen molar-refractivity contribution in [2.45, 2.75) is 32.9 Å². The van der Waals surface area contributed by atoms with E-state index >= 15 is 0 Å². The highest BCUT2D eigenvalue weighted by Gasteiger charge is 2.10. The van der Waals surface area contributed by atoms with Gasteiger partial charge in [-0.2, -0.15) is 0 Å². The third kappa shape index (κ3) is 6.27. The second-order valence-corrected chi connectivity index (χ2v) is 5.01. The van der Waals surface area contributed by atoms with Gasteiger partial charge in [-0.3, -0.25) is 9.59 Å². The molecule has 0 saturated heterocycles. The number of nitrogens with two attached hydrogens (primary N) is 1. The van der Waals surface area contributed by atoms with E-state index in [1.165, 1.54) is 0 Å². The van der Waals surface area contributed by atoms with Gasteiger partial charge in [0.15, 0.2) is 0 Å². The molecule has 116 valence electrons. The third-order valence-electron chi connectivity index (χ3n) is 2.76. The summed E-state index contributed by atoms with van der Waals surface area (Å²) in [4.78, 5) is 22.6. The fourth-order valence-corrected chi connectivity index (χ4v) is 1.73. The van der Waals surface area contributed by atoms with Crippen molar-refractivity contribution < 1.29 is 14.3 Å². The van der Waals surface area contributed by atoms with Crippen LogP contribution < -0.4 is 21.1 Å². The van der Waals surface area contributed by atoms with Gasteiger partial charge in [-0.1, -0.05) is 12.1 Å². The van der Waals surface area contributed by atoms with E-state index in [1.54, 1.807) is 0 Å². The minimum absolute atomic E-state index is 0.0745. The molecular weight excluding hydrogens is 270 g/mol. The average Bonchev–Trinajstić information content (AvgIpc) is 2.44. The number of rotatable bonds is 7. The predicted molar refractivity (Wildman–Crippen MR) is 80.8 cm³/mol. The second kappa shape index (κ2) is 8.26. The highest BCUT2D eigenvalue weighted by atomic mass is 16.5. The molecule has 2 amide bonds. The van der Waals surface area contributed by atoms with Gasteiger partial charge in [0.2, 0.25) is 11.8 Å². The van der Waals surface area contributed by atoms with Crippen LogP contribution in [-0.2, 0) is 9.59 Å². The molecule has 0 aliphatic carbocycles. The van der Waals surface area contributed by atoms with E-state index in [0.717, 1.165) is 11.3 Å². The number of benzene rings is 1. The summed E-state index contributed by atoms with van der Waals surface area (Å²) in [5.74, 6) is 0.183. The second-order valence-electron chi connectivity index (χ2n) is 5.01. The summed E-state index contributed by atoms with van der Waals surface area (Å²) in [6.07, 6.45) is 0.124. The molecule has 1 aromatic carbocycles. The van der Waals surface area contributed by atoms with E-state index < -0.39 is 0 Å². The normalized spacial score (nSPS) is 11.9. The van der Waals surface area contributed by atoms with Gasteiger partial charge < -0.3 is 21.1 Å². The standard InChI is InChI=1S/C15H23N3O3/c1-10(2)21-13-6-4-12(5-7-13)11(3)18-15(20)9-17-14(19)8-16/h4-7,10-11H,8-9,16H2,1-3H3,(H,17,19)(H,18,20). The van der Waals surface area contributed by atoms with Gasteiger partial charge in [0.25, 0.3) is 0 Å². The molecule has 0 aromatic heterocycles. The lowest BCUT2D eigenvalue weighted by molar-refractivity contribution is -0.125. The zero-order chi connectivity index (χ0) is 15.8. The Kier molecular flexibility index (Phi) is 6.68. The number of hydrogen-bond donors (Lipinski definition) is 3. The fourth-order valence-electron chi connectivity index (χ4n) is 1.73. The summed E-state index contributed by atoms with van der Waals surface area (Å²) < 4.78 is 5.56. The molecule has 4 N–H and O–H groups in total. The van der Waals surface area contributed by atoms with Gasteiger partial charge in [-0.05, 0) is 38.5 Å². The molecule has 1 aromatic rings. The Labute approximate surface area is 125 Å². The Morgan fingerprint density at radius 3 is 2.29 bits per heavy atom. The Hall–Kier alpha value is -2.08. The van der Waals surface area contributed by atoms with Gasteiger partial charge in [-0.15, -0.1) is 0 Å². The first-order chi connectivity index (χ1) is 9.92. The van der Waals surface area contributed by atoms with Crippen molar-refractivity contribution in [3.05, 3.63) is 29.8 Å². The minimum atomic E-state index is -0.354. The number of carbonyl (C=O) groups is 2. The molecule has 0 aliphatic heterocycles. The van der Waals surface area contributed by atoms with E-state index in [1.807, 2.05) is 45.0 Å². The minimum Gasteiger partial charge on any atom is -0.491 e. The molecule has 0 saturated carbocycles. The van der Waals surface area contributed by atoms with E-state index in [4.69, 9.17) is 10.5 Å². The lowest BCUT2D eigenvalue weighted by Gasteiger charge is -2.16. The topological polar surface area (TPSA) is 93.5 Å². The molecule has 0 fully saturated rings. The molecule has 1 unspecified atom stereocenters. The number of carbonyl (C=O) groups excluding carboxylic acids is 2. The zero-order valence-corrected chi connectivity index (χ0v) is 12.7. The Bertz CT molecular complexity index is 472. The molecule has 0 aliphatic rings. The lowest BCUT2D eigenvalue weighted by Crippen LogP contribution is -2.40. The summed E-state index contributed by atoms with van der Waals surface area (Å²) in [7, 11) is 0. The van der Waals surface area contributed by atoms with E-state index in [2.05, 4.69) is 10.6 Å². The highest BCUT2D eigenvalue weighted by molar-refractivity contribution is 5.85. The molecule has 21 heavy (non-hydrogen) atoms. The zero-order valence-electron chi connectivity index (χ0n) is 12.7. The van der Waals surface area contributed by atoms with Gasteiger partial charge in [0, 0.05) is 0 Å². The molecule has 1 rings (SSSR count). The van der Waals surface area contributed by atoms with Crippen LogP contribution in [0.2, 0.25) is 0 Å². The summed E-state index contributed by atoms with van der Waals surface area (Å²) >= 11 is 0. The Morgan fingerprint density at radius 1 is 1.14 bits per heavy atom. The number of hydrogen-bond acceptors (Lipinski definition) is 4. The van der Waals surface area contributed by atoms with Crippen LogP contribution in [0, 0.1) is 0 Å². The Morgan fingerprint density at radius 2 is 1.76 bits per heavy atom. The van der Waals surface area contributed by atoms with Crippen LogP contribution in [0.15, 0.2) is 24.3 Å². The first-order valence-electron chi connectivity index (χ1n) is 6.95. The number of nitrogens with one attached hydrogen (secondary N) is 2. The van der Waals surface area contributed by atoms with Crippen LogP contribution in [-0.4, -0.2) is 31.0 Å². The van der Waals surface area contributed by atoms with Crippen molar-refractivity contribution in [2.24, 2.45) is 5.73 Å². The van der Waals surface area contributed by atoms with Crippen molar-refractivity contribution in [2.75, 3.05) is 13.1 Å². The molecular formula is C15H23N3O3. The first-order valence-corrected chi connectivity index (χ1v) is 6.95. The highest BCUT2D eigenvalue weighted by Crippen LogP contribution is 2.18. The van der Waals surface area contributed by atoms with Crippen LogP contribution >= 0.6 is 0 Å². The number of amides is 2. The maximum Gasteiger partial charge on any atom is 0.239 e. The monoisotopic (exact) mass is 293 g/mol. The van der Waals surface area contributed by atoms with E-state index in [0.29, 0.717) is 0 Å². The van der Waals surface area contributed by atoms with Crippen LogP contribution in [0.3, 0.4) is 0 Å². The molecule has 0 spiro atoms. The van der Waals surface area contributed by atoms with Crippen molar-refractivity contribution in [1.29, 1.82) is 0 Å². The van der Waals surface area contributed by atoms with Crippen molar-refractivity contribution in [1.82, 2.24) is 10.6 Å². The number of ether oxygens (including phenoxy) is 1. The predicted octanol–water partition coefficient (Wildman–Crippen LogP) is 0.726. The molecule has 0 radical (unpaired) electrons. The summed E-state index contributed by atoms with van der Waals surface area (Å²) in [5, 5.41) is 5.22. The molecule has 6 nitrogen and oxygen atoms in total. The summed E-state index contributed by atoms with van der Waals surface area (Å²) in [5.41, 5.74) is 6.11. The Balaban J connectivity index is 2.49. The van der Waals surface area contributed by atoms with Crippen LogP contribution in [0.4, 0.5) is 0 Å². The van der Waals surface area contributed by atoms with Crippen molar-refractivity contribution in [3.8, 4) is 5.75 Å². The SMILES string of the molecule is CC(C)Oc1ccc(C(C)NC(=O)CNC(=O)CN)cc1. The summed E-state index contributed by atoms with van der Waals surface area (Å²) in [6, 6.07) is 7.39. The smallest absolute Gasteiger partial charge is 0.239 e. The third-order valence-corrected chi connectivity index (χ3v) is 2.76. The molecule has 6 heteroatoms. The lowest BCUT2D eigenvalue weighted by atomic mass is 10.1. The largest absolute Gasteiger partial charge is 0.491 e. The average molecular weight is 293 g/mol. The molecule has 0 heterocycles. The fraction of sp³-hybridized carbons (Fsp3) is 0.467. The van der Waals surface area contributed by atoms with E-state index in [-0.39, 0.29) is 37.0 Å². The van der Waals surface area contributed by atoms with Gasteiger partial charge in [0.1, 0.15) is 5.75 Å².